The van der Waals surface area contributed by atoms with Gasteiger partial charge in [0, 0.05) is 23.4 Å². The van der Waals surface area contributed by atoms with Crippen LogP contribution in [0.4, 0.5) is 11.4 Å². The molecule has 0 saturated carbocycles. The third-order valence-electron chi connectivity index (χ3n) is 3.74. The van der Waals surface area contributed by atoms with E-state index in [1.165, 1.54) is 23.3 Å². The van der Waals surface area contributed by atoms with Gasteiger partial charge in [0.25, 0.3) is 11.6 Å². The average Bonchev–Trinajstić information content (AvgIpc) is 2.55. The van der Waals surface area contributed by atoms with E-state index in [0.717, 1.165) is 17.9 Å². The molecule has 0 aromatic heterocycles. The van der Waals surface area contributed by atoms with Gasteiger partial charge in [0.05, 0.1) is 12.0 Å². The van der Waals surface area contributed by atoms with Crippen LogP contribution in [0.5, 0.6) is 0 Å². The molecule has 0 aliphatic rings. The van der Waals surface area contributed by atoms with Crippen LogP contribution < -0.4 is 10.2 Å². The minimum atomic E-state index is -0.479. The summed E-state index contributed by atoms with van der Waals surface area (Å²) in [5, 5.41) is 13.5. The molecule has 0 fully saturated rings. The van der Waals surface area contributed by atoms with Crippen molar-refractivity contribution >= 4 is 17.3 Å². The van der Waals surface area contributed by atoms with Crippen LogP contribution in [0.1, 0.15) is 18.1 Å². The number of hydrogen-bond donors (Lipinski definition) is 2. The quantitative estimate of drug-likeness (QED) is 0.601. The minimum absolute atomic E-state index is 0.0375. The fourth-order valence-electron chi connectivity index (χ4n) is 2.48. The predicted octanol–water partition coefficient (Wildman–Crippen LogP) is 1.81. The highest BCUT2D eigenvalue weighted by Gasteiger charge is 2.12. The fourth-order valence-corrected chi connectivity index (χ4v) is 2.48. The number of carbonyl (C=O) groups excluding carboxylic acids is 1. The average molecular weight is 328 g/mol. The molecule has 1 amide bonds. The number of amides is 1. The number of aryl methyl sites for hydroxylation is 1. The molecule has 2 aromatic rings. The summed E-state index contributed by atoms with van der Waals surface area (Å²) < 4.78 is 0. The van der Waals surface area contributed by atoms with Crippen LogP contribution in [-0.2, 0) is 17.8 Å². The molecule has 1 unspecified atom stereocenters. The standard InChI is InChI=1S/C18H21N3O3/c1-3-14-7-9-15(10-8-14)12-20(2)13-18(22)19-16-5-4-6-17(11-16)21(23)24/h4-11H,3,12-13H2,1-2H3,(H,19,22)/p+1. The minimum Gasteiger partial charge on any atom is -0.326 e. The maximum Gasteiger partial charge on any atom is 0.279 e. The number of nitro benzene ring substituents is 1. The van der Waals surface area contributed by atoms with Gasteiger partial charge in [-0.2, -0.15) is 0 Å². The molecule has 6 heteroatoms. The van der Waals surface area contributed by atoms with Crippen molar-refractivity contribution in [2.45, 2.75) is 19.9 Å². The van der Waals surface area contributed by atoms with Crippen LogP contribution in [0.25, 0.3) is 0 Å². The Bertz CT molecular complexity index is 714. The number of benzene rings is 2. The Morgan fingerprint density at radius 2 is 1.83 bits per heavy atom. The van der Waals surface area contributed by atoms with Gasteiger partial charge in [-0.15, -0.1) is 0 Å². The molecule has 0 spiro atoms. The van der Waals surface area contributed by atoms with E-state index in [9.17, 15) is 14.9 Å². The monoisotopic (exact) mass is 328 g/mol. The first kappa shape index (κ1) is 17.6. The number of nitrogens with one attached hydrogen (secondary N) is 2. The summed E-state index contributed by atoms with van der Waals surface area (Å²) >= 11 is 0. The summed E-state index contributed by atoms with van der Waals surface area (Å²) in [6.07, 6.45) is 1.01. The van der Waals surface area contributed by atoms with Gasteiger partial charge in [-0.05, 0) is 18.1 Å². The number of nitrogens with zero attached hydrogens (tertiary/aromatic N) is 1. The topological polar surface area (TPSA) is 76.7 Å². The molecule has 0 radical (unpaired) electrons. The molecule has 2 rings (SSSR count). The molecule has 1 atom stereocenters. The van der Waals surface area contributed by atoms with Gasteiger partial charge >= 0.3 is 0 Å². The van der Waals surface area contributed by atoms with Crippen molar-refractivity contribution in [1.82, 2.24) is 0 Å². The Balaban J connectivity index is 1.89. The lowest BCUT2D eigenvalue weighted by Gasteiger charge is -2.14. The second-order valence-corrected chi connectivity index (χ2v) is 5.84. The lowest BCUT2D eigenvalue weighted by Crippen LogP contribution is -3.08. The number of likely N-dealkylation sites (N-methyl/N-ethyl adjacent to an activating group) is 1. The maximum atomic E-state index is 12.1. The van der Waals surface area contributed by atoms with Gasteiger partial charge in [-0.25, -0.2) is 0 Å². The van der Waals surface area contributed by atoms with Crippen LogP contribution in [0.2, 0.25) is 0 Å². The smallest absolute Gasteiger partial charge is 0.279 e. The van der Waals surface area contributed by atoms with Gasteiger partial charge < -0.3 is 10.2 Å². The highest BCUT2D eigenvalue weighted by molar-refractivity contribution is 5.91. The van der Waals surface area contributed by atoms with E-state index in [1.54, 1.807) is 12.1 Å². The van der Waals surface area contributed by atoms with Gasteiger partial charge in [-0.1, -0.05) is 37.3 Å². The molecule has 2 N–H and O–H groups in total. The predicted molar refractivity (Wildman–Crippen MR) is 93.0 cm³/mol. The second-order valence-electron chi connectivity index (χ2n) is 5.84. The number of non-ortho nitro benzene ring substituents is 1. The van der Waals surface area contributed by atoms with Gasteiger partial charge in [0.2, 0.25) is 0 Å². The van der Waals surface area contributed by atoms with Crippen LogP contribution in [-0.4, -0.2) is 24.4 Å². The van der Waals surface area contributed by atoms with Crippen molar-refractivity contribution in [1.29, 1.82) is 0 Å². The molecule has 0 heterocycles. The van der Waals surface area contributed by atoms with E-state index in [2.05, 4.69) is 36.5 Å². The van der Waals surface area contributed by atoms with E-state index in [-0.39, 0.29) is 18.1 Å². The Morgan fingerprint density at radius 3 is 2.46 bits per heavy atom. The van der Waals surface area contributed by atoms with Crippen LogP contribution in [0.3, 0.4) is 0 Å². The van der Waals surface area contributed by atoms with Gasteiger partial charge in [0.1, 0.15) is 6.54 Å². The summed E-state index contributed by atoms with van der Waals surface area (Å²) in [6.45, 7) is 3.15. The van der Waals surface area contributed by atoms with E-state index in [4.69, 9.17) is 0 Å². The normalized spacial score (nSPS) is 11.8. The Morgan fingerprint density at radius 1 is 1.17 bits per heavy atom. The summed E-state index contributed by atoms with van der Waals surface area (Å²) in [4.78, 5) is 23.4. The lowest BCUT2D eigenvalue weighted by atomic mass is 10.1. The Labute approximate surface area is 141 Å². The first-order valence-corrected chi connectivity index (χ1v) is 7.91. The van der Waals surface area contributed by atoms with Crippen molar-refractivity contribution in [3.05, 3.63) is 69.8 Å². The first-order valence-electron chi connectivity index (χ1n) is 7.91. The van der Waals surface area contributed by atoms with Gasteiger partial charge in [-0.3, -0.25) is 14.9 Å². The molecule has 0 aliphatic heterocycles. The maximum absolute atomic E-state index is 12.1. The van der Waals surface area contributed by atoms with E-state index in [0.29, 0.717) is 5.69 Å². The van der Waals surface area contributed by atoms with E-state index < -0.39 is 4.92 Å². The van der Waals surface area contributed by atoms with Crippen LogP contribution in [0, 0.1) is 10.1 Å². The van der Waals surface area contributed by atoms with Crippen molar-refractivity contribution in [3.8, 4) is 0 Å². The lowest BCUT2D eigenvalue weighted by molar-refractivity contribution is -0.885. The zero-order valence-corrected chi connectivity index (χ0v) is 13.9. The highest BCUT2D eigenvalue weighted by Crippen LogP contribution is 2.16. The number of rotatable bonds is 7. The molecular formula is C18H22N3O3+. The molecule has 0 saturated heterocycles. The number of anilines is 1. The Kier molecular flexibility index (Phi) is 6.03. The molecule has 2 aromatic carbocycles. The number of hydrogen-bond acceptors (Lipinski definition) is 3. The second kappa shape index (κ2) is 8.21. The summed E-state index contributed by atoms with van der Waals surface area (Å²) in [5.74, 6) is -0.168. The van der Waals surface area contributed by atoms with Gasteiger partial charge in [0.15, 0.2) is 6.54 Å². The fraction of sp³-hybridized carbons (Fsp3) is 0.278. The highest BCUT2D eigenvalue weighted by atomic mass is 16.6. The van der Waals surface area contributed by atoms with Crippen molar-refractivity contribution in [2.75, 3.05) is 18.9 Å². The van der Waals surface area contributed by atoms with E-state index in [1.807, 2.05) is 7.05 Å². The van der Waals surface area contributed by atoms with Crippen LogP contribution in [0.15, 0.2) is 48.5 Å². The molecule has 6 nitrogen and oxygen atoms in total. The molecular weight excluding hydrogens is 306 g/mol. The Hall–Kier alpha value is -2.73. The molecule has 0 aliphatic carbocycles. The number of nitro groups is 1. The largest absolute Gasteiger partial charge is 0.326 e. The number of carbonyl (C=O) groups is 1. The van der Waals surface area contributed by atoms with E-state index >= 15 is 0 Å². The van der Waals surface area contributed by atoms with Crippen molar-refractivity contribution in [2.24, 2.45) is 0 Å². The van der Waals surface area contributed by atoms with Crippen molar-refractivity contribution < 1.29 is 14.6 Å². The zero-order chi connectivity index (χ0) is 17.5. The first-order chi connectivity index (χ1) is 11.5. The SMILES string of the molecule is CCc1ccc(C[NH+](C)CC(=O)Nc2cccc([N+](=O)[O-])c2)cc1. The summed E-state index contributed by atoms with van der Waals surface area (Å²) in [7, 11) is 1.95. The molecule has 24 heavy (non-hydrogen) atoms. The van der Waals surface area contributed by atoms with Crippen LogP contribution >= 0.6 is 0 Å². The summed E-state index contributed by atoms with van der Waals surface area (Å²) in [5.41, 5.74) is 2.87. The zero-order valence-electron chi connectivity index (χ0n) is 13.9. The van der Waals surface area contributed by atoms with Crippen molar-refractivity contribution in [3.63, 3.8) is 0 Å². The summed E-state index contributed by atoms with van der Waals surface area (Å²) in [6, 6.07) is 14.3. The molecule has 0 bridgehead atoms. The number of quaternary nitrogens is 1. The third kappa shape index (κ3) is 5.17. The molecule has 126 valence electrons. The third-order valence-corrected chi connectivity index (χ3v) is 3.74.